The number of aromatic nitrogens is 2. The molecule has 0 aromatic carbocycles. The molecule has 0 aliphatic heterocycles. The lowest BCUT2D eigenvalue weighted by molar-refractivity contribution is 1.04. The monoisotopic (exact) mass is 266 g/mol. The van der Waals surface area contributed by atoms with E-state index in [1.807, 2.05) is 18.2 Å². The van der Waals surface area contributed by atoms with E-state index in [0.29, 0.717) is 27.6 Å². The molecular weight excluding hydrogens is 256 g/mol. The van der Waals surface area contributed by atoms with Gasteiger partial charge in [-0.25, -0.2) is 4.98 Å². The van der Waals surface area contributed by atoms with Crippen LogP contribution in [0.1, 0.15) is 22.4 Å². The highest BCUT2D eigenvalue weighted by atomic mass is 32.2. The van der Waals surface area contributed by atoms with Gasteiger partial charge in [-0.1, -0.05) is 6.07 Å². The lowest BCUT2D eigenvalue weighted by Gasteiger charge is -2.05. The van der Waals surface area contributed by atoms with Gasteiger partial charge >= 0.3 is 0 Å². The predicted molar refractivity (Wildman–Crippen MR) is 72.2 cm³/mol. The summed E-state index contributed by atoms with van der Waals surface area (Å²) in [6.07, 6.45) is 3.51. The van der Waals surface area contributed by atoms with Crippen molar-refractivity contribution in [3.63, 3.8) is 0 Å². The van der Waals surface area contributed by atoms with Gasteiger partial charge in [0.15, 0.2) is 0 Å². The van der Waals surface area contributed by atoms with Gasteiger partial charge in [-0.05, 0) is 24.6 Å². The molecule has 2 rings (SSSR count). The Bertz CT molecular complexity index is 668. The van der Waals surface area contributed by atoms with E-state index in [4.69, 9.17) is 10.5 Å². The van der Waals surface area contributed by atoms with E-state index < -0.39 is 0 Å². The first kappa shape index (κ1) is 13.1. The highest BCUT2D eigenvalue weighted by Gasteiger charge is 2.09. The van der Waals surface area contributed by atoms with Crippen molar-refractivity contribution in [3.05, 3.63) is 53.0 Å². The van der Waals surface area contributed by atoms with Crippen LogP contribution in [0.3, 0.4) is 0 Å². The van der Waals surface area contributed by atoms with Gasteiger partial charge in [0.2, 0.25) is 0 Å². The molecule has 92 valence electrons. The van der Waals surface area contributed by atoms with Crippen molar-refractivity contribution in [2.45, 2.75) is 17.7 Å². The second kappa shape index (κ2) is 5.99. The Morgan fingerprint density at radius 1 is 1.26 bits per heavy atom. The maximum absolute atomic E-state index is 9.10. The summed E-state index contributed by atoms with van der Waals surface area (Å²) in [7, 11) is 0. The van der Waals surface area contributed by atoms with Crippen LogP contribution >= 0.6 is 11.8 Å². The van der Waals surface area contributed by atoms with Crippen molar-refractivity contribution in [2.24, 2.45) is 0 Å². The van der Waals surface area contributed by atoms with Gasteiger partial charge in [0.25, 0.3) is 0 Å². The second-order valence-electron chi connectivity index (χ2n) is 3.85. The van der Waals surface area contributed by atoms with Gasteiger partial charge in [-0.2, -0.15) is 10.5 Å². The third kappa shape index (κ3) is 3.09. The lowest BCUT2D eigenvalue weighted by atomic mass is 10.2. The molecule has 2 heterocycles. The number of nitrogens with zero attached hydrogens (tertiary/aromatic N) is 4. The highest BCUT2D eigenvalue weighted by molar-refractivity contribution is 7.98. The van der Waals surface area contributed by atoms with Crippen LogP contribution in [0.25, 0.3) is 0 Å². The molecule has 0 N–H and O–H groups in total. The van der Waals surface area contributed by atoms with Gasteiger partial charge < -0.3 is 0 Å². The van der Waals surface area contributed by atoms with Crippen LogP contribution in [0.15, 0.2) is 35.6 Å². The van der Waals surface area contributed by atoms with Crippen molar-refractivity contribution in [1.82, 2.24) is 9.97 Å². The minimum Gasteiger partial charge on any atom is -0.264 e. The molecule has 0 saturated carbocycles. The fraction of sp³-hybridized carbons (Fsp3) is 0.143. The maximum Gasteiger partial charge on any atom is 0.114 e. The molecule has 0 amide bonds. The van der Waals surface area contributed by atoms with Crippen molar-refractivity contribution in [2.75, 3.05) is 0 Å². The number of rotatable bonds is 3. The largest absolute Gasteiger partial charge is 0.264 e. The van der Waals surface area contributed by atoms with E-state index in [1.165, 1.54) is 11.8 Å². The molecule has 0 unspecified atom stereocenters. The number of nitriles is 2. The summed E-state index contributed by atoms with van der Waals surface area (Å²) >= 11 is 1.48. The van der Waals surface area contributed by atoms with Crippen LogP contribution in [0.4, 0.5) is 0 Å². The summed E-state index contributed by atoms with van der Waals surface area (Å²) in [5.74, 6) is 0.695. The van der Waals surface area contributed by atoms with Crippen LogP contribution in [-0.4, -0.2) is 9.97 Å². The van der Waals surface area contributed by atoms with Crippen LogP contribution in [-0.2, 0) is 5.75 Å². The summed E-state index contributed by atoms with van der Waals surface area (Å²) in [5.41, 5.74) is 2.61. The normalized spacial score (nSPS) is 9.63. The molecule has 2 aromatic rings. The Kier molecular flexibility index (Phi) is 4.12. The molecule has 0 bridgehead atoms. The average molecular weight is 266 g/mol. The maximum atomic E-state index is 9.10. The van der Waals surface area contributed by atoms with Crippen LogP contribution in [0.2, 0.25) is 0 Å². The van der Waals surface area contributed by atoms with Crippen LogP contribution in [0.5, 0.6) is 0 Å². The number of hydrogen-bond donors (Lipinski definition) is 0. The summed E-state index contributed by atoms with van der Waals surface area (Å²) < 4.78 is 0. The zero-order valence-corrected chi connectivity index (χ0v) is 11.1. The van der Waals surface area contributed by atoms with E-state index in [9.17, 15) is 0 Å². The number of hydrogen-bond acceptors (Lipinski definition) is 5. The Morgan fingerprint density at radius 3 is 2.68 bits per heavy atom. The molecular formula is C14H10N4S. The molecule has 0 atom stereocenters. The first-order valence-electron chi connectivity index (χ1n) is 5.58. The third-order valence-corrected chi connectivity index (χ3v) is 3.58. The molecule has 0 aliphatic carbocycles. The second-order valence-corrected chi connectivity index (χ2v) is 4.81. The quantitative estimate of drug-likeness (QED) is 0.799. The predicted octanol–water partition coefficient (Wildman–Crippen LogP) is 2.82. The fourth-order valence-electron chi connectivity index (χ4n) is 1.52. The van der Waals surface area contributed by atoms with Gasteiger partial charge in [0.05, 0.1) is 16.8 Å². The van der Waals surface area contributed by atoms with E-state index in [0.717, 1.165) is 5.56 Å². The Hall–Kier alpha value is -2.37. The van der Waals surface area contributed by atoms with Gasteiger partial charge in [0, 0.05) is 18.1 Å². The van der Waals surface area contributed by atoms with Crippen LogP contribution in [0, 0.1) is 29.6 Å². The highest BCUT2D eigenvalue weighted by Crippen LogP contribution is 2.25. The molecule has 0 fully saturated rings. The van der Waals surface area contributed by atoms with E-state index in [-0.39, 0.29) is 0 Å². The van der Waals surface area contributed by atoms with Gasteiger partial charge in [-0.15, -0.1) is 11.8 Å². The minimum absolute atomic E-state index is 0.441. The third-order valence-electron chi connectivity index (χ3n) is 2.52. The van der Waals surface area contributed by atoms with Crippen molar-refractivity contribution >= 4 is 11.8 Å². The van der Waals surface area contributed by atoms with Crippen molar-refractivity contribution in [1.29, 1.82) is 10.5 Å². The molecule has 5 heteroatoms. The Morgan fingerprint density at radius 2 is 2.05 bits per heavy atom. The molecule has 0 spiro atoms. The standard InChI is InChI=1S/C14H10N4S/c1-10-12(6-15)5-13(7-16)14(18-10)19-9-11-3-2-4-17-8-11/h2-5,8H,9H2,1H3. The topological polar surface area (TPSA) is 73.4 Å². The first-order valence-corrected chi connectivity index (χ1v) is 6.56. The summed E-state index contributed by atoms with van der Waals surface area (Å²) in [5, 5.41) is 18.7. The molecule has 0 aliphatic rings. The lowest BCUT2D eigenvalue weighted by Crippen LogP contribution is -1.95. The summed E-state index contributed by atoms with van der Waals surface area (Å²) in [6.45, 7) is 1.77. The van der Waals surface area contributed by atoms with Gasteiger partial charge in [-0.3, -0.25) is 4.98 Å². The van der Waals surface area contributed by atoms with E-state index in [1.54, 1.807) is 25.4 Å². The number of aryl methyl sites for hydroxylation is 1. The van der Waals surface area contributed by atoms with Gasteiger partial charge in [0.1, 0.15) is 17.2 Å². The Balaban J connectivity index is 2.24. The molecule has 0 saturated heterocycles. The van der Waals surface area contributed by atoms with Crippen LogP contribution < -0.4 is 0 Å². The molecule has 0 radical (unpaired) electrons. The zero-order valence-electron chi connectivity index (χ0n) is 10.3. The van der Waals surface area contributed by atoms with Crippen molar-refractivity contribution in [3.8, 4) is 12.1 Å². The molecule has 2 aromatic heterocycles. The SMILES string of the molecule is Cc1nc(SCc2cccnc2)c(C#N)cc1C#N. The minimum atomic E-state index is 0.441. The number of thioether (sulfide) groups is 1. The summed E-state index contributed by atoms with van der Waals surface area (Å²) in [4.78, 5) is 8.37. The fourth-order valence-corrected chi connectivity index (χ4v) is 2.46. The number of pyridine rings is 2. The van der Waals surface area contributed by atoms with E-state index >= 15 is 0 Å². The molecule has 19 heavy (non-hydrogen) atoms. The zero-order chi connectivity index (χ0) is 13.7. The van der Waals surface area contributed by atoms with Crippen molar-refractivity contribution < 1.29 is 0 Å². The van der Waals surface area contributed by atoms with E-state index in [2.05, 4.69) is 16.0 Å². The first-order chi connectivity index (χ1) is 9.24. The average Bonchev–Trinajstić information content (AvgIpc) is 2.46. The summed E-state index contributed by atoms with van der Waals surface area (Å²) in [6, 6.07) is 9.56. The molecule has 4 nitrogen and oxygen atoms in total. The Labute approximate surface area is 115 Å². The smallest absolute Gasteiger partial charge is 0.114 e.